The number of piperidine rings is 1. The molecule has 0 aliphatic carbocycles. The summed E-state index contributed by atoms with van der Waals surface area (Å²) in [5.74, 6) is 0.929. The molecule has 0 bridgehead atoms. The van der Waals surface area contributed by atoms with Crippen LogP contribution < -0.4 is 5.32 Å². The molecule has 1 saturated heterocycles. The van der Waals surface area contributed by atoms with Crippen LogP contribution in [-0.4, -0.2) is 63.4 Å². The highest BCUT2D eigenvalue weighted by atomic mass is 16.2. The maximum absolute atomic E-state index is 12.7. The number of nitrogens with zero attached hydrogens (tertiary/aromatic N) is 5. The predicted molar refractivity (Wildman–Crippen MR) is 103 cm³/mol. The topological polar surface area (TPSA) is 74.2 Å². The van der Waals surface area contributed by atoms with Crippen molar-refractivity contribution in [2.45, 2.75) is 38.3 Å². The molecule has 27 heavy (non-hydrogen) atoms. The van der Waals surface area contributed by atoms with Crippen LogP contribution in [0, 0.1) is 0 Å². The first-order chi connectivity index (χ1) is 13.2. The lowest BCUT2D eigenvalue weighted by Crippen LogP contribution is -2.41. The minimum absolute atomic E-state index is 0.00528. The average molecular weight is 366 g/mol. The van der Waals surface area contributed by atoms with E-state index in [1.165, 1.54) is 25.8 Å². The minimum Gasteiger partial charge on any atom is -0.368 e. The lowest BCUT2D eigenvalue weighted by molar-refractivity contribution is 0.0731. The van der Waals surface area contributed by atoms with Crippen molar-refractivity contribution in [2.75, 3.05) is 32.0 Å². The van der Waals surface area contributed by atoms with Gasteiger partial charge in [-0.3, -0.25) is 9.78 Å². The van der Waals surface area contributed by atoms with Crippen LogP contribution in [0.3, 0.4) is 0 Å². The number of aromatic nitrogens is 3. The normalized spacial score (nSPS) is 20.2. The molecular formula is C20H26N6O. The number of likely N-dealkylation sites (N-methyl/N-ethyl adjacent to an activating group) is 1. The van der Waals surface area contributed by atoms with E-state index in [0.29, 0.717) is 24.7 Å². The molecule has 2 aromatic heterocycles. The number of carbonyl (C=O) groups is 1. The molecule has 1 N–H and O–H groups in total. The average Bonchev–Trinajstić information content (AvgIpc) is 2.73. The Morgan fingerprint density at radius 3 is 3.04 bits per heavy atom. The third kappa shape index (κ3) is 3.93. The van der Waals surface area contributed by atoms with Crippen molar-refractivity contribution in [3.8, 4) is 0 Å². The van der Waals surface area contributed by atoms with E-state index in [-0.39, 0.29) is 5.91 Å². The summed E-state index contributed by atoms with van der Waals surface area (Å²) in [4.78, 5) is 29.9. The Hall–Kier alpha value is -2.54. The van der Waals surface area contributed by atoms with E-state index in [1.54, 1.807) is 30.9 Å². The molecule has 7 nitrogen and oxygen atoms in total. The number of hydrogen-bond donors (Lipinski definition) is 1. The molecule has 0 unspecified atom stereocenters. The number of hydrogen-bond acceptors (Lipinski definition) is 6. The Labute approximate surface area is 159 Å². The van der Waals surface area contributed by atoms with Gasteiger partial charge in [0.2, 0.25) is 0 Å². The standard InChI is InChI=1S/C20H26N6O/c1-25-9-3-2-6-16(25)12-22-19-17-7-10-26(13-18(17)23-14-24-19)20(27)15-5-4-8-21-11-15/h4-5,8,11,14,16H,2-3,6-7,9-10,12-13H2,1H3,(H,22,23,24)/t16-/m0/s1. The van der Waals surface area contributed by atoms with Crippen molar-refractivity contribution in [3.63, 3.8) is 0 Å². The molecule has 2 aromatic rings. The summed E-state index contributed by atoms with van der Waals surface area (Å²) in [6.07, 6.45) is 9.47. The van der Waals surface area contributed by atoms with E-state index >= 15 is 0 Å². The summed E-state index contributed by atoms with van der Waals surface area (Å²) < 4.78 is 0. The molecule has 1 atom stereocenters. The molecule has 1 amide bonds. The molecule has 142 valence electrons. The zero-order chi connectivity index (χ0) is 18.6. The van der Waals surface area contributed by atoms with Crippen molar-refractivity contribution in [1.82, 2.24) is 24.8 Å². The molecule has 0 aromatic carbocycles. The fourth-order valence-electron chi connectivity index (χ4n) is 3.97. The summed E-state index contributed by atoms with van der Waals surface area (Å²) in [6, 6.07) is 4.15. The number of carbonyl (C=O) groups excluding carboxylic acids is 1. The van der Waals surface area contributed by atoms with E-state index in [2.05, 4.69) is 32.2 Å². The third-order valence-corrected chi connectivity index (χ3v) is 5.63. The van der Waals surface area contributed by atoms with Gasteiger partial charge in [0.1, 0.15) is 12.1 Å². The van der Waals surface area contributed by atoms with Crippen molar-refractivity contribution in [1.29, 1.82) is 0 Å². The van der Waals surface area contributed by atoms with Crippen LogP contribution in [0.5, 0.6) is 0 Å². The number of rotatable bonds is 4. The van der Waals surface area contributed by atoms with Crippen molar-refractivity contribution < 1.29 is 4.79 Å². The first-order valence-electron chi connectivity index (χ1n) is 9.68. The van der Waals surface area contributed by atoms with E-state index in [4.69, 9.17) is 0 Å². The van der Waals surface area contributed by atoms with Crippen molar-refractivity contribution in [2.24, 2.45) is 0 Å². The number of nitrogens with one attached hydrogen (secondary N) is 1. The summed E-state index contributed by atoms with van der Waals surface area (Å²) in [5, 5.41) is 3.54. The van der Waals surface area contributed by atoms with E-state index in [9.17, 15) is 4.79 Å². The van der Waals surface area contributed by atoms with Gasteiger partial charge < -0.3 is 15.1 Å². The third-order valence-electron chi connectivity index (χ3n) is 5.63. The molecule has 0 spiro atoms. The zero-order valence-electron chi connectivity index (χ0n) is 15.8. The second-order valence-electron chi connectivity index (χ2n) is 7.38. The number of fused-ring (bicyclic) bond motifs is 1. The van der Waals surface area contributed by atoms with Crippen LogP contribution in [0.25, 0.3) is 0 Å². The molecule has 4 heterocycles. The molecule has 0 radical (unpaired) electrons. The van der Waals surface area contributed by atoms with Gasteiger partial charge >= 0.3 is 0 Å². The van der Waals surface area contributed by atoms with Gasteiger partial charge in [-0.05, 0) is 45.0 Å². The Bertz CT molecular complexity index is 796. The lowest BCUT2D eigenvalue weighted by atomic mass is 10.0. The van der Waals surface area contributed by atoms with Gasteiger partial charge in [0.25, 0.3) is 5.91 Å². The highest BCUT2D eigenvalue weighted by molar-refractivity contribution is 5.94. The highest BCUT2D eigenvalue weighted by Crippen LogP contribution is 2.24. The number of anilines is 1. The van der Waals surface area contributed by atoms with E-state index in [1.807, 2.05) is 4.90 Å². The maximum Gasteiger partial charge on any atom is 0.255 e. The van der Waals surface area contributed by atoms with Crippen LogP contribution in [0.15, 0.2) is 30.9 Å². The summed E-state index contributed by atoms with van der Waals surface area (Å²) in [6.45, 7) is 3.26. The van der Waals surface area contributed by atoms with Gasteiger partial charge in [-0.15, -0.1) is 0 Å². The van der Waals surface area contributed by atoms with Crippen LogP contribution >= 0.6 is 0 Å². The Balaban J connectivity index is 1.44. The molecule has 4 rings (SSSR count). The highest BCUT2D eigenvalue weighted by Gasteiger charge is 2.26. The Kier molecular flexibility index (Phi) is 5.29. The van der Waals surface area contributed by atoms with Gasteiger partial charge in [0.15, 0.2) is 0 Å². The molecule has 1 fully saturated rings. The second kappa shape index (κ2) is 8.00. The minimum atomic E-state index is 0.00528. The monoisotopic (exact) mass is 366 g/mol. The van der Waals surface area contributed by atoms with Gasteiger partial charge in [0, 0.05) is 37.1 Å². The zero-order valence-corrected chi connectivity index (χ0v) is 15.8. The Morgan fingerprint density at radius 2 is 2.22 bits per heavy atom. The molecular weight excluding hydrogens is 340 g/mol. The first kappa shape index (κ1) is 17.9. The lowest BCUT2D eigenvalue weighted by Gasteiger charge is -2.33. The Morgan fingerprint density at radius 1 is 1.30 bits per heavy atom. The quantitative estimate of drug-likeness (QED) is 0.892. The predicted octanol–water partition coefficient (Wildman–Crippen LogP) is 1.97. The van der Waals surface area contributed by atoms with Crippen LogP contribution in [0.2, 0.25) is 0 Å². The molecule has 0 saturated carbocycles. The van der Waals surface area contributed by atoms with Gasteiger partial charge in [0.05, 0.1) is 17.8 Å². The van der Waals surface area contributed by atoms with E-state index < -0.39 is 0 Å². The molecule has 2 aliphatic heterocycles. The van der Waals surface area contributed by atoms with Gasteiger partial charge in [-0.1, -0.05) is 6.42 Å². The fraction of sp³-hybridized carbons (Fsp3) is 0.500. The van der Waals surface area contributed by atoms with E-state index in [0.717, 1.165) is 30.0 Å². The molecule has 2 aliphatic rings. The van der Waals surface area contributed by atoms with Gasteiger partial charge in [-0.2, -0.15) is 0 Å². The molecule has 7 heteroatoms. The largest absolute Gasteiger partial charge is 0.368 e. The van der Waals surface area contributed by atoms with Crippen LogP contribution in [0.4, 0.5) is 5.82 Å². The SMILES string of the molecule is CN1CCCC[C@H]1CNc1ncnc2c1CCN(C(=O)c1cccnc1)C2. The summed E-state index contributed by atoms with van der Waals surface area (Å²) in [5.41, 5.74) is 2.70. The van der Waals surface area contributed by atoms with Gasteiger partial charge in [-0.25, -0.2) is 9.97 Å². The number of pyridine rings is 1. The second-order valence-corrected chi connectivity index (χ2v) is 7.38. The first-order valence-corrected chi connectivity index (χ1v) is 9.68. The number of likely N-dealkylation sites (tertiary alicyclic amines) is 1. The van der Waals surface area contributed by atoms with Crippen LogP contribution in [-0.2, 0) is 13.0 Å². The summed E-state index contributed by atoms with van der Waals surface area (Å²) in [7, 11) is 2.20. The van der Waals surface area contributed by atoms with Crippen molar-refractivity contribution >= 4 is 11.7 Å². The number of amides is 1. The van der Waals surface area contributed by atoms with Crippen molar-refractivity contribution in [3.05, 3.63) is 47.7 Å². The van der Waals surface area contributed by atoms with Crippen LogP contribution in [0.1, 0.15) is 40.9 Å². The maximum atomic E-state index is 12.7. The summed E-state index contributed by atoms with van der Waals surface area (Å²) >= 11 is 0. The fourth-order valence-corrected chi connectivity index (χ4v) is 3.97. The smallest absolute Gasteiger partial charge is 0.255 e.